The summed E-state index contributed by atoms with van der Waals surface area (Å²) in [6, 6.07) is 8.37. The molecule has 0 radical (unpaired) electrons. The molecule has 0 spiro atoms. The van der Waals surface area contributed by atoms with Crippen molar-refractivity contribution in [2.24, 2.45) is 0 Å². The van der Waals surface area contributed by atoms with Crippen LogP contribution in [-0.2, 0) is 0 Å². The molecule has 2 aromatic heterocycles. The van der Waals surface area contributed by atoms with Crippen molar-refractivity contribution in [3.63, 3.8) is 0 Å². The maximum atomic E-state index is 12.5. The molecule has 1 aliphatic carbocycles. The molecule has 25 heavy (non-hydrogen) atoms. The van der Waals surface area contributed by atoms with Gasteiger partial charge in [0.1, 0.15) is 16.5 Å². The number of anilines is 1. The molecule has 128 valence electrons. The van der Waals surface area contributed by atoms with Crippen molar-refractivity contribution in [1.29, 1.82) is 0 Å². The Kier molecular flexibility index (Phi) is 4.13. The Bertz CT molecular complexity index is 890. The van der Waals surface area contributed by atoms with E-state index >= 15 is 0 Å². The summed E-state index contributed by atoms with van der Waals surface area (Å²) in [6.45, 7) is 4.35. The fourth-order valence-corrected chi connectivity index (χ4v) is 3.60. The number of amides is 1. The van der Waals surface area contributed by atoms with Gasteiger partial charge in [0, 0.05) is 16.5 Å². The molecule has 1 aliphatic rings. The third-order valence-electron chi connectivity index (χ3n) is 4.49. The van der Waals surface area contributed by atoms with E-state index in [1.54, 1.807) is 11.6 Å². The molecular formula is C19H20N4OS. The molecule has 0 bridgehead atoms. The van der Waals surface area contributed by atoms with Crippen LogP contribution in [-0.4, -0.2) is 21.1 Å². The van der Waals surface area contributed by atoms with E-state index in [4.69, 9.17) is 0 Å². The minimum Gasteiger partial charge on any atom is -0.305 e. The molecule has 0 aliphatic heterocycles. The van der Waals surface area contributed by atoms with Crippen LogP contribution >= 0.6 is 11.3 Å². The predicted octanol–water partition coefficient (Wildman–Crippen LogP) is 4.79. The van der Waals surface area contributed by atoms with Crippen molar-refractivity contribution in [2.75, 3.05) is 5.32 Å². The number of aromatic amines is 1. The van der Waals surface area contributed by atoms with Crippen molar-refractivity contribution in [2.45, 2.75) is 38.5 Å². The molecule has 4 rings (SSSR count). The Morgan fingerprint density at radius 3 is 2.72 bits per heavy atom. The van der Waals surface area contributed by atoms with Crippen molar-refractivity contribution in [1.82, 2.24) is 15.2 Å². The molecule has 1 aromatic carbocycles. The Morgan fingerprint density at radius 1 is 1.28 bits per heavy atom. The lowest BCUT2D eigenvalue weighted by molar-refractivity contribution is 0.102. The number of carbonyl (C=O) groups is 1. The van der Waals surface area contributed by atoms with Crippen LogP contribution in [0.3, 0.4) is 0 Å². The fraction of sp³-hybridized carbons (Fsp3) is 0.316. The van der Waals surface area contributed by atoms with Gasteiger partial charge < -0.3 is 5.32 Å². The average Bonchev–Trinajstić information content (AvgIpc) is 3.15. The highest BCUT2D eigenvalue weighted by Gasteiger charge is 2.28. The van der Waals surface area contributed by atoms with Gasteiger partial charge in [0.25, 0.3) is 5.91 Å². The summed E-state index contributed by atoms with van der Waals surface area (Å²) in [5, 5.41) is 12.5. The molecule has 0 atom stereocenters. The van der Waals surface area contributed by atoms with Crippen LogP contribution in [0.15, 0.2) is 35.8 Å². The van der Waals surface area contributed by atoms with Crippen LogP contribution in [0, 0.1) is 0 Å². The third kappa shape index (κ3) is 3.35. The number of nitrogens with one attached hydrogen (secondary N) is 2. The van der Waals surface area contributed by atoms with Gasteiger partial charge in [0.2, 0.25) is 0 Å². The largest absolute Gasteiger partial charge is 0.305 e. The van der Waals surface area contributed by atoms with Gasteiger partial charge in [-0.2, -0.15) is 5.10 Å². The lowest BCUT2D eigenvalue weighted by atomic mass is 10.0. The van der Waals surface area contributed by atoms with Crippen molar-refractivity contribution < 1.29 is 4.79 Å². The Morgan fingerprint density at radius 2 is 2.04 bits per heavy atom. The van der Waals surface area contributed by atoms with Crippen molar-refractivity contribution in [3.05, 3.63) is 52.7 Å². The molecule has 1 saturated carbocycles. The first kappa shape index (κ1) is 16.0. The predicted molar refractivity (Wildman–Crippen MR) is 100 cm³/mol. The first-order valence-corrected chi connectivity index (χ1v) is 9.40. The summed E-state index contributed by atoms with van der Waals surface area (Å²) >= 11 is 1.48. The minimum atomic E-state index is -0.201. The van der Waals surface area contributed by atoms with Gasteiger partial charge in [0.15, 0.2) is 0 Å². The summed E-state index contributed by atoms with van der Waals surface area (Å²) in [5.74, 6) is 1.53. The second kappa shape index (κ2) is 6.44. The highest BCUT2D eigenvalue weighted by molar-refractivity contribution is 7.13. The van der Waals surface area contributed by atoms with Gasteiger partial charge in [-0.3, -0.25) is 9.89 Å². The van der Waals surface area contributed by atoms with Crippen LogP contribution in [0.5, 0.6) is 0 Å². The van der Waals surface area contributed by atoms with E-state index in [2.05, 4.69) is 58.6 Å². The SMILES string of the molecule is CC(C)c1ccc(-c2nc(C(=O)Nc3[nH]ncc3C3CC3)cs2)cc1. The standard InChI is InChI=1S/C19H20N4OS/c1-11(2)12-3-7-14(8-4-12)19-21-16(10-25-19)18(24)22-17-15(9-20-23-17)13-5-6-13/h3-4,7-11,13H,5-6H2,1-2H3,(H2,20,22,23,24). The monoisotopic (exact) mass is 352 g/mol. The Hall–Kier alpha value is -2.47. The van der Waals surface area contributed by atoms with Crippen LogP contribution in [0.25, 0.3) is 10.6 Å². The number of carbonyl (C=O) groups excluding carboxylic acids is 1. The number of thiazole rings is 1. The van der Waals surface area contributed by atoms with Crippen LogP contribution in [0.1, 0.15) is 60.1 Å². The number of hydrogen-bond acceptors (Lipinski definition) is 4. The lowest BCUT2D eigenvalue weighted by Crippen LogP contribution is -2.13. The molecule has 0 unspecified atom stereocenters. The van der Waals surface area contributed by atoms with E-state index in [1.807, 2.05) is 0 Å². The number of H-pyrrole nitrogens is 1. The van der Waals surface area contributed by atoms with Gasteiger partial charge in [-0.05, 0) is 30.2 Å². The van der Waals surface area contributed by atoms with E-state index in [-0.39, 0.29) is 5.91 Å². The Labute approximate surface area is 150 Å². The zero-order valence-electron chi connectivity index (χ0n) is 14.2. The topological polar surface area (TPSA) is 70.7 Å². The van der Waals surface area contributed by atoms with Gasteiger partial charge >= 0.3 is 0 Å². The maximum absolute atomic E-state index is 12.5. The molecule has 3 aromatic rings. The number of nitrogens with zero attached hydrogens (tertiary/aromatic N) is 2. The highest BCUT2D eigenvalue weighted by Crippen LogP contribution is 2.42. The molecule has 2 heterocycles. The van der Waals surface area contributed by atoms with Crippen LogP contribution < -0.4 is 5.32 Å². The molecule has 6 heteroatoms. The summed E-state index contributed by atoms with van der Waals surface area (Å²) < 4.78 is 0. The molecule has 1 fully saturated rings. The number of hydrogen-bond donors (Lipinski definition) is 2. The number of aromatic nitrogens is 3. The van der Waals surface area contributed by atoms with Gasteiger partial charge in [-0.25, -0.2) is 4.98 Å². The van der Waals surface area contributed by atoms with Gasteiger partial charge in [0.05, 0.1) is 6.20 Å². The molecule has 5 nitrogen and oxygen atoms in total. The quantitative estimate of drug-likeness (QED) is 0.694. The van der Waals surface area contributed by atoms with Crippen LogP contribution in [0.4, 0.5) is 5.82 Å². The van der Waals surface area contributed by atoms with E-state index in [0.717, 1.165) is 29.0 Å². The summed E-state index contributed by atoms with van der Waals surface area (Å²) in [4.78, 5) is 17.0. The van der Waals surface area contributed by atoms with Crippen molar-refractivity contribution >= 4 is 23.1 Å². The van der Waals surface area contributed by atoms with E-state index in [0.29, 0.717) is 23.3 Å². The molecule has 1 amide bonds. The van der Waals surface area contributed by atoms with Crippen molar-refractivity contribution in [3.8, 4) is 10.6 Å². The first-order chi connectivity index (χ1) is 12.1. The number of rotatable bonds is 5. The molecular weight excluding hydrogens is 332 g/mol. The Balaban J connectivity index is 1.50. The third-order valence-corrected chi connectivity index (χ3v) is 5.38. The molecule has 2 N–H and O–H groups in total. The highest BCUT2D eigenvalue weighted by atomic mass is 32.1. The maximum Gasteiger partial charge on any atom is 0.276 e. The van der Waals surface area contributed by atoms with Gasteiger partial charge in [-0.15, -0.1) is 11.3 Å². The second-order valence-electron chi connectivity index (χ2n) is 6.74. The van der Waals surface area contributed by atoms with E-state index in [9.17, 15) is 4.79 Å². The zero-order valence-corrected chi connectivity index (χ0v) is 15.1. The van der Waals surface area contributed by atoms with E-state index < -0.39 is 0 Å². The van der Waals surface area contributed by atoms with Crippen LogP contribution in [0.2, 0.25) is 0 Å². The van der Waals surface area contributed by atoms with E-state index in [1.165, 1.54) is 16.9 Å². The fourth-order valence-electron chi connectivity index (χ4n) is 2.80. The number of benzene rings is 1. The smallest absolute Gasteiger partial charge is 0.276 e. The minimum absolute atomic E-state index is 0.201. The lowest BCUT2D eigenvalue weighted by Gasteiger charge is -2.05. The summed E-state index contributed by atoms with van der Waals surface area (Å²) in [5.41, 5.74) is 3.86. The summed E-state index contributed by atoms with van der Waals surface area (Å²) in [6.07, 6.45) is 4.13. The summed E-state index contributed by atoms with van der Waals surface area (Å²) in [7, 11) is 0. The first-order valence-electron chi connectivity index (χ1n) is 8.52. The average molecular weight is 352 g/mol. The normalized spacial score (nSPS) is 14.0. The second-order valence-corrected chi connectivity index (χ2v) is 7.60. The van der Waals surface area contributed by atoms with Gasteiger partial charge in [-0.1, -0.05) is 38.1 Å². The zero-order chi connectivity index (χ0) is 17.4. The molecule has 0 saturated heterocycles.